The fourth-order valence-corrected chi connectivity index (χ4v) is 4.09. The summed E-state index contributed by atoms with van der Waals surface area (Å²) >= 11 is 0. The number of piperidine rings is 1. The zero-order chi connectivity index (χ0) is 22.8. The third-order valence-corrected chi connectivity index (χ3v) is 5.71. The third-order valence-electron chi connectivity index (χ3n) is 5.71. The average molecular weight is 439 g/mol. The molecule has 2 heterocycles. The molecule has 0 unspecified atom stereocenters. The van der Waals surface area contributed by atoms with Gasteiger partial charge in [0, 0.05) is 30.8 Å². The van der Waals surface area contributed by atoms with E-state index in [1.54, 1.807) is 18.2 Å². The van der Waals surface area contributed by atoms with Crippen LogP contribution < -0.4 is 10.2 Å². The first-order valence-electron chi connectivity index (χ1n) is 10.7. The Balaban J connectivity index is 1.57. The van der Waals surface area contributed by atoms with Crippen molar-refractivity contribution < 1.29 is 13.2 Å². The monoisotopic (exact) mass is 439 g/mol. The summed E-state index contributed by atoms with van der Waals surface area (Å²) in [6.07, 6.45) is -0.499. The first kappa shape index (κ1) is 21.9. The van der Waals surface area contributed by atoms with Gasteiger partial charge < -0.3 is 10.2 Å². The molecule has 8 heteroatoms. The Morgan fingerprint density at radius 2 is 1.81 bits per heavy atom. The van der Waals surface area contributed by atoms with Crippen molar-refractivity contribution in [2.24, 2.45) is 5.92 Å². The molecule has 32 heavy (non-hydrogen) atoms. The van der Waals surface area contributed by atoms with E-state index < -0.39 is 17.8 Å². The largest absolute Gasteiger partial charge is 0.365 e. The number of anilines is 2. The number of nitrogens with one attached hydrogen (secondary N) is 1. The predicted molar refractivity (Wildman–Crippen MR) is 118 cm³/mol. The molecule has 2 aromatic carbocycles. The molecule has 0 aliphatic carbocycles. The lowest BCUT2D eigenvalue weighted by atomic mass is 9.88. The molecule has 0 spiro atoms. The Morgan fingerprint density at radius 1 is 1.06 bits per heavy atom. The van der Waals surface area contributed by atoms with Crippen molar-refractivity contribution in [1.82, 2.24) is 9.97 Å². The zero-order valence-electron chi connectivity index (χ0n) is 17.9. The molecule has 0 radical (unpaired) electrons. The molecule has 0 amide bonds. The van der Waals surface area contributed by atoms with Gasteiger partial charge in [0.25, 0.3) is 0 Å². The van der Waals surface area contributed by atoms with Gasteiger partial charge in [-0.3, -0.25) is 0 Å². The molecular weight excluding hydrogens is 415 g/mol. The van der Waals surface area contributed by atoms with Crippen molar-refractivity contribution in [2.75, 3.05) is 23.3 Å². The minimum atomic E-state index is -1.49. The summed E-state index contributed by atoms with van der Waals surface area (Å²) in [5.74, 6) is -0.642. The van der Waals surface area contributed by atoms with E-state index in [-0.39, 0.29) is 17.5 Å². The van der Waals surface area contributed by atoms with Crippen LogP contribution in [0.1, 0.15) is 44.0 Å². The Kier molecular flexibility index (Phi) is 6.17. The second kappa shape index (κ2) is 9.03. The molecule has 1 fully saturated rings. The lowest BCUT2D eigenvalue weighted by Crippen LogP contribution is -2.36. The van der Waals surface area contributed by atoms with E-state index in [4.69, 9.17) is 9.97 Å². The van der Waals surface area contributed by atoms with Gasteiger partial charge in [0.2, 0.25) is 0 Å². The number of alkyl halides is 1. The van der Waals surface area contributed by atoms with Crippen LogP contribution in [0.5, 0.6) is 0 Å². The minimum absolute atomic E-state index is 0.0958. The molecule has 4 rings (SSSR count). The van der Waals surface area contributed by atoms with E-state index in [1.165, 1.54) is 6.07 Å². The van der Waals surface area contributed by atoms with Gasteiger partial charge in [0.15, 0.2) is 11.6 Å². The number of fused-ring (bicyclic) bond motifs is 1. The molecule has 3 aromatic rings. The molecule has 1 saturated heterocycles. The molecule has 166 valence electrons. The molecule has 0 saturated carbocycles. The van der Waals surface area contributed by atoms with Gasteiger partial charge in [-0.2, -0.15) is 5.26 Å². The Morgan fingerprint density at radius 3 is 2.47 bits per heavy atom. The van der Waals surface area contributed by atoms with Crippen LogP contribution in [0.15, 0.2) is 36.4 Å². The van der Waals surface area contributed by atoms with Crippen LogP contribution in [0, 0.1) is 28.9 Å². The summed E-state index contributed by atoms with van der Waals surface area (Å²) in [5, 5.41) is 12.5. The highest BCUT2D eigenvalue weighted by molar-refractivity contribution is 5.82. The standard InChI is InChI=1S/C24H24F3N5/c1-14(2)29-23-24(31-21-11-15(13-28)3-6-20(21)30-23)32-9-7-16(8-10-32)22(27)18-5-4-17(25)12-19(18)26/h3-6,11-12,14,16,22H,7-10H2,1-2H3,(H,29,30)/t22-/m1/s1. The lowest BCUT2D eigenvalue weighted by Gasteiger charge is -2.35. The zero-order valence-corrected chi connectivity index (χ0v) is 17.9. The summed E-state index contributed by atoms with van der Waals surface area (Å²) < 4.78 is 42.2. The van der Waals surface area contributed by atoms with Crippen molar-refractivity contribution in [3.05, 3.63) is 59.2 Å². The number of halogens is 3. The first-order valence-corrected chi connectivity index (χ1v) is 10.7. The highest BCUT2D eigenvalue weighted by atomic mass is 19.1. The average Bonchev–Trinajstić information content (AvgIpc) is 2.77. The quantitative estimate of drug-likeness (QED) is 0.567. The number of rotatable bonds is 5. The highest BCUT2D eigenvalue weighted by Crippen LogP contribution is 2.37. The summed E-state index contributed by atoms with van der Waals surface area (Å²) in [6, 6.07) is 10.4. The molecule has 1 aliphatic heterocycles. The maximum absolute atomic E-state index is 15.0. The van der Waals surface area contributed by atoms with E-state index in [1.807, 2.05) is 18.7 Å². The van der Waals surface area contributed by atoms with E-state index in [0.717, 1.165) is 12.1 Å². The maximum Gasteiger partial charge on any atom is 0.172 e. The number of hydrogen-bond donors (Lipinski definition) is 1. The van der Waals surface area contributed by atoms with Gasteiger partial charge in [0.05, 0.1) is 22.7 Å². The van der Waals surface area contributed by atoms with E-state index in [0.29, 0.717) is 54.2 Å². The Hall–Kier alpha value is -3.34. The number of hydrogen-bond acceptors (Lipinski definition) is 5. The van der Waals surface area contributed by atoms with Gasteiger partial charge >= 0.3 is 0 Å². The fraction of sp³-hybridized carbons (Fsp3) is 0.375. The molecular formula is C24H24F3N5. The molecule has 1 aliphatic rings. The van der Waals surface area contributed by atoms with Crippen molar-refractivity contribution >= 4 is 22.7 Å². The second-order valence-electron chi connectivity index (χ2n) is 8.40. The van der Waals surface area contributed by atoms with Gasteiger partial charge in [-0.15, -0.1) is 0 Å². The second-order valence-corrected chi connectivity index (χ2v) is 8.40. The number of aromatic nitrogens is 2. The van der Waals surface area contributed by atoms with E-state index >= 15 is 4.39 Å². The van der Waals surface area contributed by atoms with Gasteiger partial charge in [-0.1, -0.05) is 6.07 Å². The fourth-order valence-electron chi connectivity index (χ4n) is 4.09. The predicted octanol–water partition coefficient (Wildman–Crippen LogP) is 5.53. The summed E-state index contributed by atoms with van der Waals surface area (Å²) in [6.45, 7) is 5.06. The first-order chi connectivity index (χ1) is 15.4. The third kappa shape index (κ3) is 4.47. The number of nitriles is 1. The van der Waals surface area contributed by atoms with E-state index in [2.05, 4.69) is 11.4 Å². The van der Waals surface area contributed by atoms with Crippen molar-refractivity contribution in [3.63, 3.8) is 0 Å². The van der Waals surface area contributed by atoms with Crippen LogP contribution in [0.2, 0.25) is 0 Å². The highest BCUT2D eigenvalue weighted by Gasteiger charge is 2.31. The molecule has 1 aromatic heterocycles. The number of benzene rings is 2. The Labute approximate surface area is 184 Å². The molecule has 1 N–H and O–H groups in total. The molecule has 0 bridgehead atoms. The van der Waals surface area contributed by atoms with Crippen LogP contribution >= 0.6 is 0 Å². The summed E-state index contributed by atoms with van der Waals surface area (Å²) in [4.78, 5) is 11.5. The lowest BCUT2D eigenvalue weighted by molar-refractivity contribution is 0.193. The maximum atomic E-state index is 15.0. The topological polar surface area (TPSA) is 64.8 Å². The SMILES string of the molecule is CC(C)Nc1nc2ccc(C#N)cc2nc1N1CCC([C@@H](F)c2ccc(F)cc2F)CC1. The van der Waals surface area contributed by atoms with Gasteiger partial charge in [-0.05, 0) is 56.9 Å². The van der Waals surface area contributed by atoms with Crippen LogP contribution in [0.4, 0.5) is 24.8 Å². The van der Waals surface area contributed by atoms with Gasteiger partial charge in [-0.25, -0.2) is 23.1 Å². The number of nitrogens with zero attached hydrogens (tertiary/aromatic N) is 4. The van der Waals surface area contributed by atoms with Crippen molar-refractivity contribution in [2.45, 2.75) is 38.9 Å². The van der Waals surface area contributed by atoms with Crippen molar-refractivity contribution in [3.8, 4) is 6.07 Å². The smallest absolute Gasteiger partial charge is 0.172 e. The van der Waals surface area contributed by atoms with Crippen molar-refractivity contribution in [1.29, 1.82) is 5.26 Å². The summed E-state index contributed by atoms with van der Waals surface area (Å²) in [7, 11) is 0. The van der Waals surface area contributed by atoms with Crippen LogP contribution in [-0.2, 0) is 0 Å². The van der Waals surface area contributed by atoms with Crippen LogP contribution in [0.25, 0.3) is 11.0 Å². The molecule has 5 nitrogen and oxygen atoms in total. The normalized spacial score (nSPS) is 15.7. The molecule has 1 atom stereocenters. The van der Waals surface area contributed by atoms with Crippen LogP contribution in [-0.4, -0.2) is 29.1 Å². The van der Waals surface area contributed by atoms with Gasteiger partial charge in [0.1, 0.15) is 17.8 Å². The van der Waals surface area contributed by atoms with Crippen LogP contribution in [0.3, 0.4) is 0 Å². The summed E-state index contributed by atoms with van der Waals surface area (Å²) in [5.41, 5.74) is 1.71. The van der Waals surface area contributed by atoms with E-state index in [9.17, 15) is 14.0 Å². The minimum Gasteiger partial charge on any atom is -0.365 e. The Bertz CT molecular complexity index is 1170.